The highest BCUT2D eigenvalue weighted by Gasteiger charge is 2.40. The second-order valence-electron chi connectivity index (χ2n) is 4.62. The van der Waals surface area contributed by atoms with Crippen LogP contribution >= 0.6 is 0 Å². The number of hydrogen-bond acceptors (Lipinski definition) is 2. The fraction of sp³-hybridized carbons (Fsp3) is 0.250. The van der Waals surface area contributed by atoms with Crippen LogP contribution in [0.3, 0.4) is 0 Å². The van der Waals surface area contributed by atoms with Gasteiger partial charge in [0.2, 0.25) is 0 Å². The molecule has 1 aromatic carbocycles. The van der Waals surface area contributed by atoms with Gasteiger partial charge in [0.05, 0.1) is 28.7 Å². The van der Waals surface area contributed by atoms with Gasteiger partial charge in [-0.2, -0.15) is 44.6 Å². The van der Waals surface area contributed by atoms with Crippen LogP contribution in [0.4, 0.5) is 45.2 Å². The third-order valence-corrected chi connectivity index (χ3v) is 2.88. The molecule has 2 aromatic rings. The molecule has 0 amide bonds. The van der Waals surface area contributed by atoms with Crippen molar-refractivity contribution >= 4 is 5.69 Å². The number of anilines is 1. The van der Waals surface area contributed by atoms with Gasteiger partial charge in [-0.1, -0.05) is 0 Å². The number of benzene rings is 1. The minimum absolute atomic E-state index is 0.111. The number of hydrogen-bond donors (Lipinski definition) is 1. The zero-order chi connectivity index (χ0) is 18.5. The molecule has 1 heterocycles. The van der Waals surface area contributed by atoms with E-state index in [1.165, 1.54) is 0 Å². The van der Waals surface area contributed by atoms with Gasteiger partial charge in [0, 0.05) is 0 Å². The first-order chi connectivity index (χ1) is 10.7. The number of alkyl halides is 9. The lowest BCUT2D eigenvalue weighted by atomic mass is 10.1. The zero-order valence-electron chi connectivity index (χ0n) is 11.2. The van der Waals surface area contributed by atoms with Gasteiger partial charge in [0.1, 0.15) is 0 Å². The van der Waals surface area contributed by atoms with Crippen LogP contribution in [-0.4, -0.2) is 9.78 Å². The average molecular weight is 363 g/mol. The topological polar surface area (TPSA) is 43.8 Å². The Bertz CT molecular complexity index is 720. The quantitative estimate of drug-likeness (QED) is 0.758. The van der Waals surface area contributed by atoms with Gasteiger partial charge in [-0.05, 0) is 18.2 Å². The summed E-state index contributed by atoms with van der Waals surface area (Å²) in [4.78, 5) is 0. The molecule has 0 unspecified atom stereocenters. The molecule has 0 saturated heterocycles. The third-order valence-electron chi connectivity index (χ3n) is 2.88. The summed E-state index contributed by atoms with van der Waals surface area (Å²) in [5.41, 5.74) is -2.15. The summed E-state index contributed by atoms with van der Waals surface area (Å²) < 4.78 is 115. The van der Waals surface area contributed by atoms with Crippen molar-refractivity contribution in [2.75, 3.05) is 5.73 Å². The summed E-state index contributed by atoms with van der Waals surface area (Å²) in [6, 6.07) is 0.0391. The van der Waals surface area contributed by atoms with Crippen LogP contribution in [0.5, 0.6) is 0 Å². The largest absolute Gasteiger partial charge is 0.435 e. The first-order valence-corrected chi connectivity index (χ1v) is 5.92. The number of rotatable bonds is 1. The number of halogens is 9. The van der Waals surface area contributed by atoms with Crippen LogP contribution in [0.25, 0.3) is 5.69 Å². The van der Waals surface area contributed by atoms with Crippen LogP contribution in [0.1, 0.15) is 16.8 Å². The van der Waals surface area contributed by atoms with E-state index in [-0.39, 0.29) is 22.9 Å². The van der Waals surface area contributed by atoms with Gasteiger partial charge in [-0.25, -0.2) is 4.68 Å². The first-order valence-electron chi connectivity index (χ1n) is 5.92. The summed E-state index contributed by atoms with van der Waals surface area (Å²) in [5.74, 6) is 0. The second-order valence-corrected chi connectivity index (χ2v) is 4.62. The van der Waals surface area contributed by atoms with Crippen molar-refractivity contribution in [2.24, 2.45) is 0 Å². The molecule has 3 nitrogen and oxygen atoms in total. The number of nitrogens with two attached hydrogens (primary N) is 1. The Hall–Kier alpha value is -2.40. The molecule has 2 rings (SSSR count). The highest BCUT2D eigenvalue weighted by atomic mass is 19.4. The maximum atomic E-state index is 12.9. The Balaban J connectivity index is 2.77. The molecule has 0 atom stereocenters. The van der Waals surface area contributed by atoms with Crippen LogP contribution in [0.15, 0.2) is 24.4 Å². The minimum atomic E-state index is -5.20. The average Bonchev–Trinajstić information content (AvgIpc) is 2.78. The van der Waals surface area contributed by atoms with Crippen molar-refractivity contribution in [3.05, 3.63) is 41.2 Å². The smallest absolute Gasteiger partial charge is 0.396 e. The van der Waals surface area contributed by atoms with Crippen LogP contribution < -0.4 is 5.73 Å². The van der Waals surface area contributed by atoms with Crippen molar-refractivity contribution < 1.29 is 39.5 Å². The van der Waals surface area contributed by atoms with Gasteiger partial charge in [-0.15, -0.1) is 0 Å². The number of aromatic nitrogens is 2. The van der Waals surface area contributed by atoms with E-state index in [0.717, 1.165) is 0 Å². The Morgan fingerprint density at radius 3 is 1.58 bits per heavy atom. The van der Waals surface area contributed by atoms with Gasteiger partial charge in [-0.3, -0.25) is 0 Å². The molecule has 132 valence electrons. The summed E-state index contributed by atoms with van der Waals surface area (Å²) >= 11 is 0. The monoisotopic (exact) mass is 363 g/mol. The summed E-state index contributed by atoms with van der Waals surface area (Å²) in [7, 11) is 0. The lowest BCUT2D eigenvalue weighted by molar-refractivity contribution is -0.143. The van der Waals surface area contributed by atoms with Gasteiger partial charge < -0.3 is 5.73 Å². The molecule has 0 radical (unpaired) electrons. The Morgan fingerprint density at radius 2 is 1.21 bits per heavy atom. The predicted molar refractivity (Wildman–Crippen MR) is 63.0 cm³/mol. The van der Waals surface area contributed by atoms with Crippen molar-refractivity contribution in [1.29, 1.82) is 0 Å². The standard InChI is InChI=1S/C12H6F9N3/c13-10(14,15)5-1-6(11(16,17)18)3-7(2-5)24-9(12(19,20)21)8(22)4-23-24/h1-4H,22H2. The summed E-state index contributed by atoms with van der Waals surface area (Å²) in [5, 5.41) is 3.14. The SMILES string of the molecule is Nc1cnn(-c2cc(C(F)(F)F)cc(C(F)(F)F)c2)c1C(F)(F)F. The lowest BCUT2D eigenvalue weighted by Gasteiger charge is -2.16. The highest BCUT2D eigenvalue weighted by Crippen LogP contribution is 2.39. The maximum Gasteiger partial charge on any atom is 0.435 e. The molecule has 0 bridgehead atoms. The van der Waals surface area contributed by atoms with E-state index in [0.29, 0.717) is 6.20 Å². The molecular weight excluding hydrogens is 357 g/mol. The van der Waals surface area contributed by atoms with E-state index >= 15 is 0 Å². The third kappa shape index (κ3) is 3.41. The minimum Gasteiger partial charge on any atom is -0.396 e. The van der Waals surface area contributed by atoms with Crippen LogP contribution in [-0.2, 0) is 18.5 Å². The highest BCUT2D eigenvalue weighted by molar-refractivity contribution is 5.50. The first kappa shape index (κ1) is 17.9. The molecule has 0 saturated carbocycles. The van der Waals surface area contributed by atoms with E-state index in [1.54, 1.807) is 0 Å². The van der Waals surface area contributed by atoms with Crippen LogP contribution in [0.2, 0.25) is 0 Å². The van der Waals surface area contributed by atoms with E-state index in [4.69, 9.17) is 5.73 Å². The van der Waals surface area contributed by atoms with E-state index < -0.39 is 46.7 Å². The Morgan fingerprint density at radius 1 is 0.750 bits per heavy atom. The number of nitrogen functional groups attached to an aromatic ring is 1. The van der Waals surface area contributed by atoms with E-state index in [1.807, 2.05) is 0 Å². The van der Waals surface area contributed by atoms with Crippen molar-refractivity contribution in [1.82, 2.24) is 9.78 Å². The Kier molecular flexibility index (Phi) is 3.97. The van der Waals surface area contributed by atoms with Crippen molar-refractivity contribution in [3.63, 3.8) is 0 Å². The maximum absolute atomic E-state index is 12.9. The molecule has 0 aliphatic heterocycles. The molecule has 0 aliphatic rings. The Labute approximate surface area is 127 Å². The van der Waals surface area contributed by atoms with Gasteiger partial charge in [0.15, 0.2) is 5.69 Å². The normalized spacial score (nSPS) is 13.4. The van der Waals surface area contributed by atoms with Crippen LogP contribution in [0, 0.1) is 0 Å². The zero-order valence-corrected chi connectivity index (χ0v) is 11.2. The molecule has 0 spiro atoms. The van der Waals surface area contributed by atoms with E-state index in [2.05, 4.69) is 5.10 Å². The fourth-order valence-corrected chi connectivity index (χ4v) is 1.90. The molecule has 12 heteroatoms. The van der Waals surface area contributed by atoms with E-state index in [9.17, 15) is 39.5 Å². The molecule has 2 N–H and O–H groups in total. The molecule has 1 aromatic heterocycles. The second kappa shape index (κ2) is 5.31. The fourth-order valence-electron chi connectivity index (χ4n) is 1.90. The lowest BCUT2D eigenvalue weighted by Crippen LogP contribution is -2.17. The molecule has 24 heavy (non-hydrogen) atoms. The van der Waals surface area contributed by atoms with Gasteiger partial charge >= 0.3 is 18.5 Å². The molecular formula is C12H6F9N3. The van der Waals surface area contributed by atoms with Gasteiger partial charge in [0.25, 0.3) is 0 Å². The summed E-state index contributed by atoms with van der Waals surface area (Å²) in [6.45, 7) is 0. The number of nitrogens with zero attached hydrogens (tertiary/aromatic N) is 2. The molecule has 0 aliphatic carbocycles. The van der Waals surface area contributed by atoms with Crippen molar-refractivity contribution in [3.8, 4) is 5.69 Å². The predicted octanol–water partition coefficient (Wildman–Crippen LogP) is 4.51. The molecule has 0 fully saturated rings. The van der Waals surface area contributed by atoms with Crippen molar-refractivity contribution in [2.45, 2.75) is 18.5 Å². The summed E-state index contributed by atoms with van der Waals surface area (Å²) in [6.07, 6.45) is -15.1.